The van der Waals surface area contributed by atoms with Crippen molar-refractivity contribution in [3.8, 4) is 0 Å². The molecule has 0 saturated heterocycles. The van der Waals surface area contributed by atoms with Gasteiger partial charge in [-0.15, -0.1) is 0 Å². The zero-order valence-corrected chi connectivity index (χ0v) is 22.2. The van der Waals surface area contributed by atoms with E-state index in [9.17, 15) is 33.9 Å². The van der Waals surface area contributed by atoms with Gasteiger partial charge in [-0.2, -0.15) is 0 Å². The van der Waals surface area contributed by atoms with Gasteiger partial charge in [-0.25, -0.2) is 4.79 Å². The summed E-state index contributed by atoms with van der Waals surface area (Å²) in [5.41, 5.74) is 7.83. The summed E-state index contributed by atoms with van der Waals surface area (Å²) >= 11 is 0. The topological polar surface area (TPSA) is 241 Å². The molecule has 3 amide bonds. The van der Waals surface area contributed by atoms with Gasteiger partial charge in [0.2, 0.25) is 17.7 Å². The van der Waals surface area contributed by atoms with Gasteiger partial charge in [0.1, 0.15) is 18.1 Å². The molecule has 1 heterocycles. The van der Waals surface area contributed by atoms with Gasteiger partial charge in [-0.1, -0.05) is 32.0 Å². The maximum atomic E-state index is 13.2. The highest BCUT2D eigenvalue weighted by molar-refractivity contribution is 5.95. The molecule has 0 aliphatic carbocycles. The van der Waals surface area contributed by atoms with E-state index in [4.69, 9.17) is 15.9 Å². The Labute approximate surface area is 229 Å². The summed E-state index contributed by atoms with van der Waals surface area (Å²) in [4.78, 5) is 75.4. The molecule has 4 atom stereocenters. The van der Waals surface area contributed by atoms with E-state index in [-0.39, 0.29) is 18.8 Å². The minimum atomic E-state index is -1.80. The summed E-state index contributed by atoms with van der Waals surface area (Å²) in [5, 5.41) is 35.1. The quantitative estimate of drug-likeness (QED) is 0.136. The largest absolute Gasteiger partial charge is 0.481 e. The number of nitrogens with one attached hydrogen (secondary N) is 4. The summed E-state index contributed by atoms with van der Waals surface area (Å²) in [6.45, 7) is 3.60. The Morgan fingerprint density at radius 2 is 1.45 bits per heavy atom. The van der Waals surface area contributed by atoms with E-state index in [1.165, 1.54) is 0 Å². The molecular formula is C26H35N5O9. The van der Waals surface area contributed by atoms with Crippen LogP contribution in [0.2, 0.25) is 0 Å². The van der Waals surface area contributed by atoms with Gasteiger partial charge in [-0.05, 0) is 36.8 Å². The van der Waals surface area contributed by atoms with Crippen molar-refractivity contribution in [3.63, 3.8) is 0 Å². The fraction of sp³-hybridized carbons (Fsp3) is 0.462. The summed E-state index contributed by atoms with van der Waals surface area (Å²) in [6.07, 6.45) is 0.190. The molecule has 2 rings (SSSR count). The first kappa shape index (κ1) is 31.8. The number of para-hydroxylation sites is 1. The monoisotopic (exact) mass is 561 g/mol. The van der Waals surface area contributed by atoms with Gasteiger partial charge in [0.05, 0.1) is 12.5 Å². The van der Waals surface area contributed by atoms with Gasteiger partial charge in [0.25, 0.3) is 0 Å². The lowest BCUT2D eigenvalue weighted by Crippen LogP contribution is -2.57. The summed E-state index contributed by atoms with van der Waals surface area (Å²) in [5.74, 6) is -6.96. The third-order valence-electron chi connectivity index (χ3n) is 6.06. The minimum Gasteiger partial charge on any atom is -0.481 e. The smallest absolute Gasteiger partial charge is 0.326 e. The second kappa shape index (κ2) is 14.6. The molecule has 0 spiro atoms. The fourth-order valence-corrected chi connectivity index (χ4v) is 4.07. The van der Waals surface area contributed by atoms with Gasteiger partial charge in [-0.3, -0.25) is 24.0 Å². The summed E-state index contributed by atoms with van der Waals surface area (Å²) in [6, 6.07) is 2.01. The molecule has 2 aromatic rings. The van der Waals surface area contributed by atoms with Crippen molar-refractivity contribution >= 4 is 46.5 Å². The molecule has 1 aromatic carbocycles. The first-order valence-corrected chi connectivity index (χ1v) is 12.7. The molecule has 0 bridgehead atoms. The molecule has 14 nitrogen and oxygen atoms in total. The van der Waals surface area contributed by atoms with Crippen LogP contribution in [-0.4, -0.2) is 80.1 Å². The van der Waals surface area contributed by atoms with Crippen LogP contribution in [0.3, 0.4) is 0 Å². The Bertz CT molecular complexity index is 1240. The van der Waals surface area contributed by atoms with E-state index in [2.05, 4.69) is 15.6 Å². The highest BCUT2D eigenvalue weighted by Crippen LogP contribution is 2.19. The number of carbonyl (C=O) groups is 6. The molecule has 0 saturated carbocycles. The van der Waals surface area contributed by atoms with Gasteiger partial charge in [0, 0.05) is 23.5 Å². The number of benzene rings is 1. The van der Waals surface area contributed by atoms with Crippen LogP contribution in [0.15, 0.2) is 30.5 Å². The number of carbonyl (C=O) groups excluding carboxylic acids is 3. The fourth-order valence-electron chi connectivity index (χ4n) is 4.07. The molecule has 218 valence electrons. The molecule has 14 heteroatoms. The minimum absolute atomic E-state index is 0.0841. The molecule has 40 heavy (non-hydrogen) atoms. The normalized spacial score (nSPS) is 14.1. The predicted octanol–water partition coefficient (Wildman–Crippen LogP) is -0.0377. The lowest BCUT2D eigenvalue weighted by molar-refractivity contribution is -0.147. The number of aromatic amines is 1. The van der Waals surface area contributed by atoms with Crippen LogP contribution in [-0.2, 0) is 35.2 Å². The average Bonchev–Trinajstić information content (AvgIpc) is 3.27. The number of carboxylic acids is 3. The van der Waals surface area contributed by atoms with Gasteiger partial charge >= 0.3 is 17.9 Å². The predicted molar refractivity (Wildman–Crippen MR) is 142 cm³/mol. The zero-order valence-electron chi connectivity index (χ0n) is 22.2. The summed E-state index contributed by atoms with van der Waals surface area (Å²) < 4.78 is 0. The number of nitrogens with two attached hydrogens (primary N) is 1. The Morgan fingerprint density at radius 1 is 0.850 bits per heavy atom. The SMILES string of the molecule is CC(C)CC(NC(=O)C(N)Cc1c[nH]c2ccccc12)C(=O)NC(CCC(=O)O)C(=O)NC(CC(=O)O)C(=O)O. The van der Waals surface area contributed by atoms with Crippen LogP contribution in [0.4, 0.5) is 0 Å². The number of fused-ring (bicyclic) bond motifs is 1. The zero-order chi connectivity index (χ0) is 30.0. The number of aromatic nitrogens is 1. The molecule has 0 fully saturated rings. The first-order valence-electron chi connectivity index (χ1n) is 12.7. The van der Waals surface area contributed by atoms with Crippen molar-refractivity contribution in [2.24, 2.45) is 11.7 Å². The van der Waals surface area contributed by atoms with E-state index < -0.39 is 79.1 Å². The molecule has 0 aliphatic heterocycles. The van der Waals surface area contributed by atoms with Crippen LogP contribution in [0.1, 0.15) is 45.1 Å². The molecular weight excluding hydrogens is 526 g/mol. The number of hydrogen-bond acceptors (Lipinski definition) is 7. The molecule has 4 unspecified atom stereocenters. The second-order valence-electron chi connectivity index (χ2n) is 9.85. The molecule has 0 radical (unpaired) electrons. The van der Waals surface area contributed by atoms with E-state index in [0.717, 1.165) is 16.5 Å². The maximum Gasteiger partial charge on any atom is 0.326 e. The third kappa shape index (κ3) is 9.69. The maximum absolute atomic E-state index is 13.2. The Balaban J connectivity index is 2.15. The molecule has 0 aliphatic rings. The Kier molecular flexibility index (Phi) is 11.6. The van der Waals surface area contributed by atoms with E-state index in [0.29, 0.717) is 0 Å². The van der Waals surface area contributed by atoms with Crippen LogP contribution in [0.25, 0.3) is 10.9 Å². The number of carboxylic acid groups (broad SMARTS) is 3. The van der Waals surface area contributed by atoms with E-state index in [1.54, 1.807) is 20.0 Å². The molecule has 9 N–H and O–H groups in total. The number of aliphatic carboxylic acids is 3. The van der Waals surface area contributed by atoms with Gasteiger partial charge in [0.15, 0.2) is 0 Å². The highest BCUT2D eigenvalue weighted by atomic mass is 16.4. The van der Waals surface area contributed by atoms with Crippen LogP contribution in [0.5, 0.6) is 0 Å². The van der Waals surface area contributed by atoms with Crippen molar-refractivity contribution in [1.29, 1.82) is 0 Å². The second-order valence-corrected chi connectivity index (χ2v) is 9.85. The number of H-pyrrole nitrogens is 1. The first-order chi connectivity index (χ1) is 18.8. The van der Waals surface area contributed by atoms with Crippen molar-refractivity contribution < 1.29 is 44.1 Å². The number of hydrogen-bond donors (Lipinski definition) is 8. The van der Waals surface area contributed by atoms with Crippen molar-refractivity contribution in [2.75, 3.05) is 0 Å². The highest BCUT2D eigenvalue weighted by Gasteiger charge is 2.32. The van der Waals surface area contributed by atoms with Crippen molar-refractivity contribution in [1.82, 2.24) is 20.9 Å². The van der Waals surface area contributed by atoms with Crippen LogP contribution < -0.4 is 21.7 Å². The van der Waals surface area contributed by atoms with E-state index >= 15 is 0 Å². The number of amides is 3. The Hall–Kier alpha value is -4.46. The lowest BCUT2D eigenvalue weighted by Gasteiger charge is -2.25. The Morgan fingerprint density at radius 3 is 2.05 bits per heavy atom. The average molecular weight is 562 g/mol. The van der Waals surface area contributed by atoms with Crippen molar-refractivity contribution in [3.05, 3.63) is 36.0 Å². The lowest BCUT2D eigenvalue weighted by atomic mass is 10.0. The number of rotatable bonds is 16. The van der Waals surface area contributed by atoms with E-state index in [1.807, 2.05) is 29.6 Å². The third-order valence-corrected chi connectivity index (χ3v) is 6.06. The van der Waals surface area contributed by atoms with Gasteiger partial charge < -0.3 is 42.0 Å². The standard InChI is InChI=1S/C26H35N5O9/c1-13(2)9-19(30-23(36)16(27)10-14-12-28-17-6-4-3-5-15(14)17)25(38)29-18(7-8-21(32)33)24(37)31-20(26(39)40)11-22(34)35/h3-6,12-13,16,18-20,28H,7-11,27H2,1-2H3,(H,29,38)(H,30,36)(H,31,37)(H,32,33)(H,34,35)(H,39,40). The molecule has 1 aromatic heterocycles. The summed E-state index contributed by atoms with van der Waals surface area (Å²) in [7, 11) is 0. The van der Waals surface area contributed by atoms with Crippen molar-refractivity contribution in [2.45, 2.75) is 70.1 Å². The van der Waals surface area contributed by atoms with Crippen LogP contribution in [0, 0.1) is 5.92 Å². The van der Waals surface area contributed by atoms with Crippen LogP contribution >= 0.6 is 0 Å².